The Morgan fingerprint density at radius 2 is 1.56 bits per heavy atom. The zero-order valence-corrected chi connectivity index (χ0v) is 23.9. The van der Waals surface area contributed by atoms with Crippen molar-refractivity contribution in [3.8, 4) is 16.9 Å². The molecule has 2 heterocycles. The Hall–Kier alpha value is -4.98. The molecule has 1 amide bonds. The zero-order chi connectivity index (χ0) is 29.6. The summed E-state index contributed by atoms with van der Waals surface area (Å²) in [6.07, 6.45) is 9.03. The van der Waals surface area contributed by atoms with Crippen molar-refractivity contribution in [1.82, 2.24) is 19.9 Å². The van der Waals surface area contributed by atoms with E-state index in [1.54, 1.807) is 4.52 Å². The van der Waals surface area contributed by atoms with Gasteiger partial charge < -0.3 is 15.2 Å². The SMILES string of the molecule is O=C(N[C@H](Cc1ccccc1)C(=O)O)c1cnn2c(C3CCCCC3)c(-c3ccc(OCc4ccccc4)cc3)cnc12. The molecule has 2 N–H and O–H groups in total. The van der Waals surface area contributed by atoms with Crippen LogP contribution >= 0.6 is 0 Å². The Labute approximate surface area is 250 Å². The van der Waals surface area contributed by atoms with Crippen LogP contribution in [0, 0.1) is 0 Å². The fourth-order valence-electron chi connectivity index (χ4n) is 5.86. The van der Waals surface area contributed by atoms with Gasteiger partial charge in [-0.1, -0.05) is 92.1 Å². The number of benzene rings is 3. The normalized spacial score (nSPS) is 14.3. The molecular formula is C35H34N4O4. The van der Waals surface area contributed by atoms with Gasteiger partial charge in [-0.3, -0.25) is 4.79 Å². The quantitative estimate of drug-likeness (QED) is 0.199. The van der Waals surface area contributed by atoms with E-state index >= 15 is 0 Å². The van der Waals surface area contributed by atoms with Crippen molar-refractivity contribution in [3.05, 3.63) is 120 Å². The van der Waals surface area contributed by atoms with Gasteiger partial charge in [0.2, 0.25) is 0 Å². The molecule has 218 valence electrons. The Morgan fingerprint density at radius 3 is 2.23 bits per heavy atom. The van der Waals surface area contributed by atoms with Crippen LogP contribution in [-0.4, -0.2) is 37.6 Å². The molecular weight excluding hydrogens is 540 g/mol. The van der Waals surface area contributed by atoms with Crippen LogP contribution in [0.1, 0.15) is 65.2 Å². The number of nitrogens with one attached hydrogen (secondary N) is 1. The summed E-state index contributed by atoms with van der Waals surface area (Å²) >= 11 is 0. The zero-order valence-electron chi connectivity index (χ0n) is 23.9. The molecule has 0 spiro atoms. The first-order valence-corrected chi connectivity index (χ1v) is 14.8. The average molecular weight is 575 g/mol. The summed E-state index contributed by atoms with van der Waals surface area (Å²) in [7, 11) is 0. The molecule has 1 aliphatic carbocycles. The van der Waals surface area contributed by atoms with Crippen molar-refractivity contribution >= 4 is 17.5 Å². The van der Waals surface area contributed by atoms with E-state index < -0.39 is 17.9 Å². The van der Waals surface area contributed by atoms with E-state index in [4.69, 9.17) is 4.74 Å². The minimum atomic E-state index is -1.09. The number of hydrogen-bond acceptors (Lipinski definition) is 5. The van der Waals surface area contributed by atoms with E-state index in [0.717, 1.165) is 59.4 Å². The summed E-state index contributed by atoms with van der Waals surface area (Å²) in [6.45, 7) is 0.493. The number of carboxylic acids is 1. The number of aliphatic carboxylic acids is 1. The Morgan fingerprint density at radius 1 is 0.884 bits per heavy atom. The molecule has 2 aromatic heterocycles. The molecule has 0 aliphatic heterocycles. The molecule has 0 bridgehead atoms. The maximum Gasteiger partial charge on any atom is 0.326 e. The second kappa shape index (κ2) is 12.9. The topological polar surface area (TPSA) is 106 Å². The second-order valence-electron chi connectivity index (χ2n) is 11.0. The molecule has 1 atom stereocenters. The fourth-order valence-corrected chi connectivity index (χ4v) is 5.86. The summed E-state index contributed by atoms with van der Waals surface area (Å²) < 4.78 is 7.78. The Balaban J connectivity index is 1.29. The van der Waals surface area contributed by atoms with E-state index in [0.29, 0.717) is 12.3 Å². The minimum absolute atomic E-state index is 0.178. The number of rotatable bonds is 10. The summed E-state index contributed by atoms with van der Waals surface area (Å²) in [6, 6.07) is 26.2. The van der Waals surface area contributed by atoms with Crippen molar-refractivity contribution in [1.29, 1.82) is 0 Å². The lowest BCUT2D eigenvalue weighted by atomic mass is 9.84. The number of hydrogen-bond donors (Lipinski definition) is 2. The van der Waals surface area contributed by atoms with E-state index in [-0.39, 0.29) is 17.9 Å². The number of carboxylic acid groups (broad SMARTS) is 1. The molecule has 0 saturated heterocycles. The number of ether oxygens (including phenoxy) is 1. The van der Waals surface area contributed by atoms with Crippen LogP contribution < -0.4 is 10.1 Å². The van der Waals surface area contributed by atoms with Gasteiger partial charge in [0.25, 0.3) is 5.91 Å². The third kappa shape index (κ3) is 6.43. The van der Waals surface area contributed by atoms with Crippen LogP contribution in [0.2, 0.25) is 0 Å². The van der Waals surface area contributed by atoms with E-state index in [1.165, 1.54) is 12.6 Å². The van der Waals surface area contributed by atoms with Crippen LogP contribution in [-0.2, 0) is 17.8 Å². The van der Waals surface area contributed by atoms with Gasteiger partial charge in [0, 0.05) is 24.1 Å². The van der Waals surface area contributed by atoms with Crippen LogP contribution in [0.15, 0.2) is 97.3 Å². The molecule has 1 fully saturated rings. The summed E-state index contributed by atoms with van der Waals surface area (Å²) in [5, 5.41) is 17.2. The summed E-state index contributed by atoms with van der Waals surface area (Å²) in [5.74, 6) is -0.553. The maximum atomic E-state index is 13.4. The first-order chi connectivity index (χ1) is 21.1. The van der Waals surface area contributed by atoms with Gasteiger partial charge in [-0.25, -0.2) is 14.3 Å². The molecule has 1 saturated carbocycles. The Bertz CT molecular complexity index is 1700. The van der Waals surface area contributed by atoms with Gasteiger partial charge in [0.05, 0.1) is 11.9 Å². The lowest BCUT2D eigenvalue weighted by Gasteiger charge is -2.25. The van der Waals surface area contributed by atoms with Crippen LogP contribution in [0.25, 0.3) is 16.8 Å². The van der Waals surface area contributed by atoms with E-state index in [9.17, 15) is 14.7 Å². The highest BCUT2D eigenvalue weighted by Crippen LogP contribution is 2.38. The predicted molar refractivity (Wildman–Crippen MR) is 164 cm³/mol. The molecule has 8 nitrogen and oxygen atoms in total. The van der Waals surface area contributed by atoms with Crippen molar-refractivity contribution in [3.63, 3.8) is 0 Å². The maximum absolute atomic E-state index is 13.4. The Kier molecular flexibility index (Phi) is 8.45. The van der Waals surface area contributed by atoms with E-state index in [1.807, 2.05) is 91.1 Å². The van der Waals surface area contributed by atoms with Crippen LogP contribution in [0.5, 0.6) is 5.75 Å². The fraction of sp³-hybridized carbons (Fsp3) is 0.257. The second-order valence-corrected chi connectivity index (χ2v) is 11.0. The van der Waals surface area contributed by atoms with Gasteiger partial charge in [0.1, 0.15) is 24.0 Å². The standard InChI is InChI=1S/C35H34N4O4/c40-34(38-31(35(41)42)20-24-10-4-1-5-11-24)30-22-37-39-32(27-14-8-3-9-15-27)29(21-36-33(30)39)26-16-18-28(19-17-26)43-23-25-12-6-2-7-13-25/h1-2,4-7,10-13,16-19,21-22,27,31H,3,8-9,14-15,20,23H2,(H,38,40)(H,41,42)/t31-/m1/s1. The highest BCUT2D eigenvalue weighted by atomic mass is 16.5. The molecule has 0 radical (unpaired) electrons. The highest BCUT2D eigenvalue weighted by molar-refractivity contribution is 6.01. The average Bonchev–Trinajstić information content (AvgIpc) is 3.49. The predicted octanol–water partition coefficient (Wildman–Crippen LogP) is 6.45. The van der Waals surface area contributed by atoms with E-state index in [2.05, 4.69) is 15.4 Å². The molecule has 1 aliphatic rings. The highest BCUT2D eigenvalue weighted by Gasteiger charge is 2.27. The van der Waals surface area contributed by atoms with Crippen molar-refractivity contribution in [2.45, 2.75) is 57.1 Å². The van der Waals surface area contributed by atoms with Gasteiger partial charge in [-0.15, -0.1) is 0 Å². The molecule has 43 heavy (non-hydrogen) atoms. The first kappa shape index (κ1) is 28.2. The molecule has 3 aromatic carbocycles. The van der Waals surface area contributed by atoms with Crippen LogP contribution in [0.3, 0.4) is 0 Å². The largest absolute Gasteiger partial charge is 0.489 e. The number of aromatic nitrogens is 3. The molecule has 0 unspecified atom stereocenters. The molecule has 8 heteroatoms. The third-order valence-electron chi connectivity index (χ3n) is 8.10. The lowest BCUT2D eigenvalue weighted by molar-refractivity contribution is -0.139. The van der Waals surface area contributed by atoms with Crippen molar-refractivity contribution in [2.24, 2.45) is 0 Å². The number of nitrogens with zero attached hydrogens (tertiary/aromatic N) is 3. The van der Waals surface area contributed by atoms with Gasteiger partial charge in [0.15, 0.2) is 5.65 Å². The van der Waals surface area contributed by atoms with Crippen molar-refractivity contribution in [2.75, 3.05) is 0 Å². The number of amides is 1. The van der Waals surface area contributed by atoms with Gasteiger partial charge >= 0.3 is 5.97 Å². The van der Waals surface area contributed by atoms with Gasteiger partial charge in [-0.05, 0) is 41.7 Å². The monoisotopic (exact) mass is 574 g/mol. The van der Waals surface area contributed by atoms with Crippen molar-refractivity contribution < 1.29 is 19.4 Å². The third-order valence-corrected chi connectivity index (χ3v) is 8.10. The minimum Gasteiger partial charge on any atom is -0.489 e. The summed E-state index contributed by atoms with van der Waals surface area (Å²) in [4.78, 5) is 30.1. The number of carbonyl (C=O) groups excluding carboxylic acids is 1. The lowest BCUT2D eigenvalue weighted by Crippen LogP contribution is -2.42. The smallest absolute Gasteiger partial charge is 0.326 e. The first-order valence-electron chi connectivity index (χ1n) is 14.8. The molecule has 6 rings (SSSR count). The number of carbonyl (C=O) groups is 2. The summed E-state index contributed by atoms with van der Waals surface area (Å²) in [5.41, 5.74) is 5.61. The molecule has 5 aromatic rings. The number of fused-ring (bicyclic) bond motifs is 1. The van der Waals surface area contributed by atoms with Gasteiger partial charge in [-0.2, -0.15) is 5.10 Å². The van der Waals surface area contributed by atoms with Crippen LogP contribution in [0.4, 0.5) is 0 Å².